The Hall–Kier alpha value is -2.50. The molecule has 0 radical (unpaired) electrons. The van der Waals surface area contributed by atoms with Crippen LogP contribution in [0.2, 0.25) is 0 Å². The molecule has 0 fully saturated rings. The second-order valence-electron chi connectivity index (χ2n) is 4.96. The minimum Gasteiger partial charge on any atom is -0.489 e. The van der Waals surface area contributed by atoms with Crippen molar-refractivity contribution < 1.29 is 13.9 Å². The van der Waals surface area contributed by atoms with Crippen molar-refractivity contribution in [3.8, 4) is 5.75 Å². The molecule has 6 heteroatoms. The number of anilines is 1. The molecule has 0 saturated heterocycles. The first-order valence-corrected chi connectivity index (χ1v) is 6.88. The van der Waals surface area contributed by atoms with E-state index in [0.717, 1.165) is 18.0 Å². The number of nitrogens with one attached hydrogen (secondary N) is 2. The summed E-state index contributed by atoms with van der Waals surface area (Å²) < 4.78 is 11.0. The molecule has 1 atom stereocenters. The van der Waals surface area contributed by atoms with Gasteiger partial charge in [-0.15, -0.1) is 0 Å². The zero-order valence-electron chi connectivity index (χ0n) is 12.0. The van der Waals surface area contributed by atoms with Crippen molar-refractivity contribution in [3.63, 3.8) is 0 Å². The van der Waals surface area contributed by atoms with Gasteiger partial charge in [0, 0.05) is 6.54 Å². The molecular weight excluding hydrogens is 270 g/mol. The molecule has 2 N–H and O–H groups in total. The molecular formula is C15H17N3O3. The first-order valence-electron chi connectivity index (χ1n) is 6.88. The highest BCUT2D eigenvalue weighted by molar-refractivity contribution is 5.99. The third-order valence-electron chi connectivity index (χ3n) is 3.28. The fraction of sp³-hybridized carbons (Fsp3) is 0.333. The van der Waals surface area contributed by atoms with Crippen LogP contribution in [0.25, 0.3) is 0 Å². The predicted octanol–water partition coefficient (Wildman–Crippen LogP) is 2.28. The smallest absolute Gasteiger partial charge is 0.255 e. The lowest BCUT2D eigenvalue weighted by Gasteiger charge is -2.21. The molecule has 0 saturated carbocycles. The Kier molecular flexibility index (Phi) is 3.51. The third kappa shape index (κ3) is 2.69. The van der Waals surface area contributed by atoms with Crippen molar-refractivity contribution in [1.29, 1.82) is 0 Å². The Balaban J connectivity index is 1.79. The van der Waals surface area contributed by atoms with Gasteiger partial charge < -0.3 is 19.8 Å². The number of hydrogen-bond acceptors (Lipinski definition) is 5. The summed E-state index contributed by atoms with van der Waals surface area (Å²) in [5.74, 6) is 1.59. The molecule has 0 spiro atoms. The highest BCUT2D eigenvalue weighted by atomic mass is 16.5. The van der Waals surface area contributed by atoms with Crippen molar-refractivity contribution in [2.24, 2.45) is 0 Å². The van der Waals surface area contributed by atoms with Crippen LogP contribution in [-0.4, -0.2) is 24.0 Å². The summed E-state index contributed by atoms with van der Waals surface area (Å²) in [6, 6.07) is 5.16. The van der Waals surface area contributed by atoms with E-state index in [4.69, 9.17) is 9.15 Å². The second kappa shape index (κ2) is 5.47. The molecule has 21 heavy (non-hydrogen) atoms. The number of fused-ring (bicyclic) bond motifs is 1. The first-order chi connectivity index (χ1) is 10.1. The monoisotopic (exact) mass is 287 g/mol. The lowest BCUT2D eigenvalue weighted by atomic mass is 10.1. The van der Waals surface area contributed by atoms with Gasteiger partial charge in [-0.3, -0.25) is 4.79 Å². The van der Waals surface area contributed by atoms with Gasteiger partial charge >= 0.3 is 0 Å². The van der Waals surface area contributed by atoms with Gasteiger partial charge in [-0.05, 0) is 26.0 Å². The first kappa shape index (κ1) is 13.5. The van der Waals surface area contributed by atoms with Gasteiger partial charge in [0.05, 0.1) is 17.4 Å². The Bertz CT molecular complexity index is 666. The van der Waals surface area contributed by atoms with E-state index in [1.807, 2.05) is 26.0 Å². The van der Waals surface area contributed by atoms with Gasteiger partial charge in [-0.1, -0.05) is 6.07 Å². The van der Waals surface area contributed by atoms with Crippen LogP contribution >= 0.6 is 0 Å². The van der Waals surface area contributed by atoms with Crippen LogP contribution in [0.1, 0.15) is 35.0 Å². The largest absolute Gasteiger partial charge is 0.489 e. The highest BCUT2D eigenvalue weighted by Gasteiger charge is 2.21. The lowest BCUT2D eigenvalue weighted by molar-refractivity contribution is 0.0929. The molecule has 1 aliphatic rings. The molecule has 1 unspecified atom stereocenters. The average molecular weight is 287 g/mol. The summed E-state index contributed by atoms with van der Waals surface area (Å²) in [5, 5.41) is 6.08. The number of para-hydroxylation sites is 1. The topological polar surface area (TPSA) is 76.4 Å². The molecule has 1 aromatic carbocycles. The van der Waals surface area contributed by atoms with E-state index in [-0.39, 0.29) is 11.9 Å². The number of aromatic nitrogens is 1. The summed E-state index contributed by atoms with van der Waals surface area (Å²) >= 11 is 0. The number of oxazole rings is 1. The number of hydrogen-bond donors (Lipinski definition) is 2. The SMILES string of the molecule is Cc1cnc(C(C)NC(=O)c2cccc3c2OCCN3)o1. The fourth-order valence-corrected chi connectivity index (χ4v) is 2.26. The summed E-state index contributed by atoms with van der Waals surface area (Å²) in [6.07, 6.45) is 1.63. The third-order valence-corrected chi connectivity index (χ3v) is 3.28. The molecule has 0 bridgehead atoms. The van der Waals surface area contributed by atoms with Gasteiger partial charge in [-0.25, -0.2) is 4.98 Å². The molecule has 110 valence electrons. The van der Waals surface area contributed by atoms with Gasteiger partial charge in [0.15, 0.2) is 5.75 Å². The number of benzene rings is 1. The maximum absolute atomic E-state index is 12.4. The standard InChI is InChI=1S/C15H17N3O3/c1-9-8-17-15(21-9)10(2)18-14(19)11-4-3-5-12-13(11)20-7-6-16-12/h3-5,8,10,16H,6-7H2,1-2H3,(H,18,19). The van der Waals surface area contributed by atoms with E-state index in [1.54, 1.807) is 12.3 Å². The van der Waals surface area contributed by atoms with Crippen LogP contribution in [0.4, 0.5) is 5.69 Å². The summed E-state index contributed by atoms with van der Waals surface area (Å²) in [4.78, 5) is 16.5. The predicted molar refractivity (Wildman–Crippen MR) is 77.5 cm³/mol. The lowest BCUT2D eigenvalue weighted by Crippen LogP contribution is -2.28. The van der Waals surface area contributed by atoms with E-state index in [9.17, 15) is 4.79 Å². The number of carbonyl (C=O) groups is 1. The number of carbonyl (C=O) groups excluding carboxylic acids is 1. The number of rotatable bonds is 3. The van der Waals surface area contributed by atoms with Crippen molar-refractivity contribution in [2.45, 2.75) is 19.9 Å². The maximum atomic E-state index is 12.4. The van der Waals surface area contributed by atoms with Gasteiger partial charge in [-0.2, -0.15) is 0 Å². The second-order valence-corrected chi connectivity index (χ2v) is 4.96. The van der Waals surface area contributed by atoms with Crippen LogP contribution in [-0.2, 0) is 0 Å². The Morgan fingerprint density at radius 2 is 2.33 bits per heavy atom. The van der Waals surface area contributed by atoms with Gasteiger partial charge in [0.25, 0.3) is 5.91 Å². The normalized spacial score (nSPS) is 14.6. The van der Waals surface area contributed by atoms with Crippen molar-refractivity contribution >= 4 is 11.6 Å². The van der Waals surface area contributed by atoms with Crippen LogP contribution in [0, 0.1) is 6.92 Å². The fourth-order valence-electron chi connectivity index (χ4n) is 2.26. The van der Waals surface area contributed by atoms with Crippen LogP contribution in [0.5, 0.6) is 5.75 Å². The van der Waals surface area contributed by atoms with Crippen molar-refractivity contribution in [3.05, 3.63) is 41.6 Å². The zero-order chi connectivity index (χ0) is 14.8. The molecule has 1 aliphatic heterocycles. The van der Waals surface area contributed by atoms with Crippen molar-refractivity contribution in [2.75, 3.05) is 18.5 Å². The minimum atomic E-state index is -0.307. The summed E-state index contributed by atoms with van der Waals surface area (Å²) in [5.41, 5.74) is 1.35. The zero-order valence-corrected chi connectivity index (χ0v) is 12.0. The molecule has 6 nitrogen and oxygen atoms in total. The Labute approximate surface area is 122 Å². The average Bonchev–Trinajstić information content (AvgIpc) is 2.93. The molecule has 1 amide bonds. The molecule has 2 heterocycles. The molecule has 0 aliphatic carbocycles. The molecule has 2 aromatic rings. The number of ether oxygens (including phenoxy) is 1. The van der Waals surface area contributed by atoms with Crippen molar-refractivity contribution in [1.82, 2.24) is 10.3 Å². The van der Waals surface area contributed by atoms with E-state index in [1.165, 1.54) is 0 Å². The quantitative estimate of drug-likeness (QED) is 0.905. The Morgan fingerprint density at radius 3 is 3.10 bits per heavy atom. The molecule has 3 rings (SSSR count). The van der Waals surface area contributed by atoms with Crippen LogP contribution < -0.4 is 15.4 Å². The van der Waals surface area contributed by atoms with Crippen LogP contribution in [0.15, 0.2) is 28.8 Å². The van der Waals surface area contributed by atoms with E-state index < -0.39 is 0 Å². The summed E-state index contributed by atoms with van der Waals surface area (Å²) in [7, 11) is 0. The van der Waals surface area contributed by atoms with E-state index in [0.29, 0.717) is 23.8 Å². The number of nitrogens with zero attached hydrogens (tertiary/aromatic N) is 1. The highest BCUT2D eigenvalue weighted by Crippen LogP contribution is 2.31. The Morgan fingerprint density at radius 1 is 1.48 bits per heavy atom. The van der Waals surface area contributed by atoms with Gasteiger partial charge in [0.1, 0.15) is 18.4 Å². The van der Waals surface area contributed by atoms with E-state index >= 15 is 0 Å². The van der Waals surface area contributed by atoms with Crippen LogP contribution in [0.3, 0.4) is 0 Å². The number of amides is 1. The minimum absolute atomic E-state index is 0.209. The summed E-state index contributed by atoms with van der Waals surface area (Å²) in [6.45, 7) is 4.94. The molecule has 1 aromatic heterocycles. The maximum Gasteiger partial charge on any atom is 0.255 e. The van der Waals surface area contributed by atoms with Gasteiger partial charge in [0.2, 0.25) is 5.89 Å². The number of aryl methyl sites for hydroxylation is 1. The van der Waals surface area contributed by atoms with E-state index in [2.05, 4.69) is 15.6 Å².